The van der Waals surface area contributed by atoms with Crippen LogP contribution in [0.5, 0.6) is 0 Å². The van der Waals surface area contributed by atoms with E-state index in [9.17, 15) is 12.8 Å². The highest BCUT2D eigenvalue weighted by molar-refractivity contribution is 7.89. The van der Waals surface area contributed by atoms with Gasteiger partial charge in [-0.1, -0.05) is 11.6 Å². The van der Waals surface area contributed by atoms with Crippen molar-refractivity contribution in [2.24, 2.45) is 0 Å². The summed E-state index contributed by atoms with van der Waals surface area (Å²) in [4.78, 5) is -0.568. The van der Waals surface area contributed by atoms with E-state index in [0.717, 1.165) is 12.1 Å². The van der Waals surface area contributed by atoms with E-state index in [2.05, 4.69) is 4.72 Å². The third-order valence-corrected chi connectivity index (χ3v) is 4.24. The molecule has 1 heterocycles. The average Bonchev–Trinajstić information content (AvgIpc) is 2.86. The fraction of sp³-hybridized carbons (Fsp3) is 0.167. The number of rotatable bonds is 5. The van der Waals surface area contributed by atoms with Crippen molar-refractivity contribution >= 4 is 27.3 Å². The van der Waals surface area contributed by atoms with E-state index in [0.29, 0.717) is 12.2 Å². The van der Waals surface area contributed by atoms with Crippen LogP contribution in [0.1, 0.15) is 5.76 Å². The summed E-state index contributed by atoms with van der Waals surface area (Å²) in [5.41, 5.74) is 5.04. The number of anilines is 1. The van der Waals surface area contributed by atoms with Gasteiger partial charge in [0.1, 0.15) is 10.7 Å². The molecular formula is C12H12ClFN2O3S. The van der Waals surface area contributed by atoms with E-state index < -0.39 is 20.7 Å². The Morgan fingerprint density at radius 1 is 1.40 bits per heavy atom. The van der Waals surface area contributed by atoms with Crippen LogP contribution in [-0.2, 0) is 16.4 Å². The zero-order valence-corrected chi connectivity index (χ0v) is 11.8. The lowest BCUT2D eigenvalue weighted by Gasteiger charge is -2.09. The molecule has 2 rings (SSSR count). The Morgan fingerprint density at radius 3 is 2.80 bits per heavy atom. The SMILES string of the molecule is Nc1cc(Cl)cc(S(=O)(=O)NCCc2ccco2)c1F. The summed E-state index contributed by atoms with van der Waals surface area (Å²) in [5.74, 6) is -0.390. The number of benzene rings is 1. The maximum absolute atomic E-state index is 13.8. The number of nitrogens with one attached hydrogen (secondary N) is 1. The molecule has 2 aromatic rings. The quantitative estimate of drug-likeness (QED) is 0.827. The van der Waals surface area contributed by atoms with Gasteiger partial charge >= 0.3 is 0 Å². The molecule has 20 heavy (non-hydrogen) atoms. The Bertz CT molecular complexity index is 702. The van der Waals surface area contributed by atoms with Crippen molar-refractivity contribution in [3.8, 4) is 0 Å². The Hall–Kier alpha value is -1.57. The van der Waals surface area contributed by atoms with Crippen LogP contribution in [0.15, 0.2) is 39.8 Å². The molecule has 0 spiro atoms. The van der Waals surface area contributed by atoms with Crippen molar-refractivity contribution < 1.29 is 17.2 Å². The van der Waals surface area contributed by atoms with Crippen LogP contribution in [0.3, 0.4) is 0 Å². The first kappa shape index (κ1) is 14.8. The highest BCUT2D eigenvalue weighted by Gasteiger charge is 2.21. The summed E-state index contributed by atoms with van der Waals surface area (Å²) in [5, 5.41) is 0.0512. The van der Waals surface area contributed by atoms with Gasteiger partial charge in [0, 0.05) is 18.0 Å². The molecule has 8 heteroatoms. The number of halogens is 2. The lowest BCUT2D eigenvalue weighted by atomic mass is 10.3. The molecule has 3 N–H and O–H groups in total. The molecule has 1 aromatic heterocycles. The maximum Gasteiger partial charge on any atom is 0.243 e. The third-order valence-electron chi connectivity index (χ3n) is 2.57. The number of nitrogen functional groups attached to an aromatic ring is 1. The lowest BCUT2D eigenvalue weighted by Crippen LogP contribution is -2.27. The summed E-state index contributed by atoms with van der Waals surface area (Å²) in [7, 11) is -4.02. The molecule has 0 aliphatic carbocycles. The monoisotopic (exact) mass is 318 g/mol. The summed E-state index contributed by atoms with van der Waals surface area (Å²) in [6, 6.07) is 5.58. The molecule has 1 aromatic carbocycles. The van der Waals surface area contributed by atoms with Crippen LogP contribution < -0.4 is 10.5 Å². The van der Waals surface area contributed by atoms with Gasteiger partial charge < -0.3 is 10.2 Å². The van der Waals surface area contributed by atoms with E-state index in [1.165, 1.54) is 6.26 Å². The summed E-state index contributed by atoms with van der Waals surface area (Å²) < 4.78 is 45.1. The second kappa shape index (κ2) is 5.82. The predicted octanol–water partition coefficient (Wildman–Crippen LogP) is 2.18. The highest BCUT2D eigenvalue weighted by atomic mass is 35.5. The molecule has 0 aliphatic rings. The minimum atomic E-state index is -4.02. The lowest BCUT2D eigenvalue weighted by molar-refractivity contribution is 0.505. The number of hydrogen-bond donors (Lipinski definition) is 2. The van der Waals surface area contributed by atoms with Crippen molar-refractivity contribution in [2.45, 2.75) is 11.3 Å². The van der Waals surface area contributed by atoms with Crippen molar-refractivity contribution in [1.82, 2.24) is 4.72 Å². The van der Waals surface area contributed by atoms with Crippen molar-refractivity contribution in [2.75, 3.05) is 12.3 Å². The molecule has 0 fully saturated rings. The average molecular weight is 319 g/mol. The zero-order chi connectivity index (χ0) is 14.8. The van der Waals surface area contributed by atoms with Gasteiger partial charge in [-0.05, 0) is 24.3 Å². The largest absolute Gasteiger partial charge is 0.469 e. The maximum atomic E-state index is 13.8. The number of nitrogens with two attached hydrogens (primary N) is 1. The second-order valence-corrected chi connectivity index (χ2v) is 6.21. The topological polar surface area (TPSA) is 85.3 Å². The summed E-state index contributed by atoms with van der Waals surface area (Å²) in [6.45, 7) is 0.0711. The third kappa shape index (κ3) is 3.30. The smallest absolute Gasteiger partial charge is 0.243 e. The van der Waals surface area contributed by atoms with E-state index >= 15 is 0 Å². The first-order chi connectivity index (χ1) is 9.40. The van der Waals surface area contributed by atoms with Gasteiger partial charge in [0.15, 0.2) is 5.82 Å². The molecular weight excluding hydrogens is 307 g/mol. The highest BCUT2D eigenvalue weighted by Crippen LogP contribution is 2.25. The molecule has 0 atom stereocenters. The number of sulfonamides is 1. The summed E-state index contributed by atoms with van der Waals surface area (Å²) >= 11 is 5.69. The van der Waals surface area contributed by atoms with E-state index in [1.54, 1.807) is 12.1 Å². The molecule has 0 radical (unpaired) electrons. The first-order valence-corrected chi connectivity index (χ1v) is 7.53. The van der Waals surface area contributed by atoms with Gasteiger partial charge in [-0.15, -0.1) is 0 Å². The van der Waals surface area contributed by atoms with Crippen molar-refractivity contribution in [1.29, 1.82) is 0 Å². The van der Waals surface area contributed by atoms with Gasteiger partial charge in [-0.25, -0.2) is 17.5 Å². The molecule has 108 valence electrons. The van der Waals surface area contributed by atoms with Gasteiger partial charge in [-0.3, -0.25) is 0 Å². The Kier molecular flexibility index (Phi) is 4.32. The zero-order valence-electron chi connectivity index (χ0n) is 10.3. The van der Waals surface area contributed by atoms with Crippen LogP contribution in [0, 0.1) is 5.82 Å². The van der Waals surface area contributed by atoms with Crippen LogP contribution >= 0.6 is 11.6 Å². The van der Waals surface area contributed by atoms with Crippen LogP contribution in [-0.4, -0.2) is 15.0 Å². The van der Waals surface area contributed by atoms with Crippen molar-refractivity contribution in [3.63, 3.8) is 0 Å². The number of furan rings is 1. The Labute approximate surface area is 120 Å². The Morgan fingerprint density at radius 2 is 2.15 bits per heavy atom. The summed E-state index contributed by atoms with van der Waals surface area (Å²) in [6.07, 6.45) is 1.84. The van der Waals surface area contributed by atoms with Gasteiger partial charge in [0.25, 0.3) is 0 Å². The normalized spacial score (nSPS) is 11.7. The Balaban J connectivity index is 2.14. The predicted molar refractivity (Wildman–Crippen MR) is 73.4 cm³/mol. The standard InChI is InChI=1S/C12H12ClFN2O3S/c13-8-6-10(15)12(14)11(7-8)20(17,18)16-4-3-9-2-1-5-19-9/h1-2,5-7,16H,3-4,15H2. The molecule has 0 aliphatic heterocycles. The molecule has 5 nitrogen and oxygen atoms in total. The molecule has 0 saturated carbocycles. The van der Waals surface area contributed by atoms with Gasteiger partial charge in [0.05, 0.1) is 12.0 Å². The van der Waals surface area contributed by atoms with Gasteiger partial charge in [0.2, 0.25) is 10.0 Å². The second-order valence-electron chi connectivity index (χ2n) is 4.03. The van der Waals surface area contributed by atoms with Crippen LogP contribution in [0.25, 0.3) is 0 Å². The van der Waals surface area contributed by atoms with Crippen molar-refractivity contribution in [3.05, 3.63) is 47.1 Å². The molecule has 0 amide bonds. The van der Waals surface area contributed by atoms with E-state index in [-0.39, 0.29) is 17.3 Å². The van der Waals surface area contributed by atoms with E-state index in [1.807, 2.05) is 0 Å². The fourth-order valence-electron chi connectivity index (χ4n) is 1.62. The molecule has 0 saturated heterocycles. The fourth-order valence-corrected chi connectivity index (χ4v) is 3.07. The molecule has 0 bridgehead atoms. The first-order valence-electron chi connectivity index (χ1n) is 5.67. The van der Waals surface area contributed by atoms with Gasteiger partial charge in [-0.2, -0.15) is 0 Å². The van der Waals surface area contributed by atoms with Crippen LogP contribution in [0.2, 0.25) is 5.02 Å². The minimum absolute atomic E-state index is 0.0512. The van der Waals surface area contributed by atoms with Crippen LogP contribution in [0.4, 0.5) is 10.1 Å². The van der Waals surface area contributed by atoms with E-state index in [4.69, 9.17) is 21.8 Å². The minimum Gasteiger partial charge on any atom is -0.469 e. The number of hydrogen-bond acceptors (Lipinski definition) is 4. The molecule has 0 unspecified atom stereocenters.